The third kappa shape index (κ3) is 2.07. The summed E-state index contributed by atoms with van der Waals surface area (Å²) in [6.07, 6.45) is 1.58. The molecule has 0 radical (unpaired) electrons. The Morgan fingerprint density at radius 2 is 1.93 bits per heavy atom. The molecule has 0 aromatic heterocycles. The van der Waals surface area contributed by atoms with Crippen LogP contribution in [-0.2, 0) is 4.79 Å². The normalized spacial score (nSPS) is 10.7. The summed E-state index contributed by atoms with van der Waals surface area (Å²) in [5.41, 5.74) is -0.234. The van der Waals surface area contributed by atoms with Gasteiger partial charge in [0, 0.05) is 11.6 Å². The lowest BCUT2D eigenvalue weighted by molar-refractivity contribution is -0.131. The fourth-order valence-corrected chi connectivity index (χ4v) is 0.844. The molecule has 74 valence electrons. The van der Waals surface area contributed by atoms with Crippen molar-refractivity contribution in [3.05, 3.63) is 35.4 Å². The minimum absolute atomic E-state index is 0.234. The minimum atomic E-state index is -1.39. The molecule has 0 saturated carbocycles. The van der Waals surface area contributed by atoms with Crippen LogP contribution < -0.4 is 0 Å². The molecule has 14 heavy (non-hydrogen) atoms. The zero-order valence-electron chi connectivity index (χ0n) is 6.87. The van der Waals surface area contributed by atoms with Gasteiger partial charge in [-0.05, 0) is 18.2 Å². The molecule has 0 aliphatic carbocycles. The third-order valence-electron chi connectivity index (χ3n) is 1.50. The van der Waals surface area contributed by atoms with Gasteiger partial charge in [0.2, 0.25) is 5.82 Å². The van der Waals surface area contributed by atoms with Gasteiger partial charge in [0.25, 0.3) is 0 Å². The van der Waals surface area contributed by atoms with Crippen molar-refractivity contribution in [2.45, 2.75) is 0 Å². The average molecular weight is 200 g/mol. The summed E-state index contributed by atoms with van der Waals surface area (Å²) >= 11 is 0. The molecular formula is C9H6F2O3. The van der Waals surface area contributed by atoms with Crippen molar-refractivity contribution in [1.82, 2.24) is 0 Å². The molecule has 3 nitrogen and oxygen atoms in total. The van der Waals surface area contributed by atoms with Gasteiger partial charge in [-0.1, -0.05) is 0 Å². The van der Waals surface area contributed by atoms with E-state index in [1.54, 1.807) is 0 Å². The number of benzene rings is 1. The highest BCUT2D eigenvalue weighted by Crippen LogP contribution is 2.21. The van der Waals surface area contributed by atoms with Crippen LogP contribution in [0.5, 0.6) is 5.75 Å². The van der Waals surface area contributed by atoms with Crippen molar-refractivity contribution < 1.29 is 23.8 Å². The highest BCUT2D eigenvalue weighted by Gasteiger charge is 2.10. The van der Waals surface area contributed by atoms with E-state index in [0.29, 0.717) is 6.08 Å². The number of carboxylic acids is 1. The molecule has 0 fully saturated rings. The van der Waals surface area contributed by atoms with Crippen molar-refractivity contribution in [3.63, 3.8) is 0 Å². The lowest BCUT2D eigenvalue weighted by Gasteiger charge is -1.99. The van der Waals surface area contributed by atoms with Gasteiger partial charge in [-0.3, -0.25) is 0 Å². The van der Waals surface area contributed by atoms with Crippen LogP contribution in [0.1, 0.15) is 5.56 Å². The van der Waals surface area contributed by atoms with Gasteiger partial charge in [0.1, 0.15) is 0 Å². The van der Waals surface area contributed by atoms with Crippen LogP contribution in [0.4, 0.5) is 8.78 Å². The van der Waals surface area contributed by atoms with Gasteiger partial charge in [-0.25, -0.2) is 9.18 Å². The quantitative estimate of drug-likeness (QED) is 0.715. The lowest BCUT2D eigenvalue weighted by Crippen LogP contribution is -1.91. The van der Waals surface area contributed by atoms with Gasteiger partial charge in [0.15, 0.2) is 11.6 Å². The van der Waals surface area contributed by atoms with E-state index >= 15 is 0 Å². The van der Waals surface area contributed by atoms with Crippen LogP contribution in [0, 0.1) is 11.6 Å². The SMILES string of the molecule is O=C(O)C=Cc1ccc(O)c(F)c1F. The van der Waals surface area contributed by atoms with Crippen LogP contribution in [-0.4, -0.2) is 16.2 Å². The number of halogens is 2. The first-order chi connectivity index (χ1) is 6.52. The number of aliphatic carboxylic acids is 1. The Labute approximate surface area is 77.9 Å². The standard InChI is InChI=1S/C9H6F2O3/c10-8-5(2-4-7(13)14)1-3-6(12)9(8)11/h1-4,12H,(H,13,14). The third-order valence-corrected chi connectivity index (χ3v) is 1.50. The Bertz CT molecular complexity index is 399. The van der Waals surface area contributed by atoms with Gasteiger partial charge < -0.3 is 10.2 Å². The maximum atomic E-state index is 12.9. The number of phenols is 1. The number of rotatable bonds is 2. The summed E-state index contributed by atoms with van der Waals surface area (Å²) in [7, 11) is 0. The largest absolute Gasteiger partial charge is 0.505 e. The molecule has 1 aromatic rings. The molecule has 1 aromatic carbocycles. The van der Waals surface area contributed by atoms with E-state index in [9.17, 15) is 13.6 Å². The summed E-state index contributed by atoms with van der Waals surface area (Å²) in [5, 5.41) is 17.0. The van der Waals surface area contributed by atoms with E-state index < -0.39 is 23.4 Å². The van der Waals surface area contributed by atoms with Gasteiger partial charge in [0.05, 0.1) is 0 Å². The van der Waals surface area contributed by atoms with E-state index in [0.717, 1.165) is 18.2 Å². The molecule has 0 unspecified atom stereocenters. The number of aromatic hydroxyl groups is 1. The number of hydrogen-bond acceptors (Lipinski definition) is 2. The van der Waals surface area contributed by atoms with Crippen LogP contribution in [0.2, 0.25) is 0 Å². The number of phenolic OH excluding ortho intramolecular Hbond substituents is 1. The molecule has 0 saturated heterocycles. The summed E-state index contributed by atoms with van der Waals surface area (Å²) in [4.78, 5) is 10.1. The van der Waals surface area contributed by atoms with Gasteiger partial charge >= 0.3 is 5.97 Å². The van der Waals surface area contributed by atoms with E-state index in [1.165, 1.54) is 0 Å². The van der Waals surface area contributed by atoms with E-state index in [-0.39, 0.29) is 5.56 Å². The molecule has 0 amide bonds. The fourth-order valence-electron chi connectivity index (χ4n) is 0.844. The second kappa shape index (κ2) is 3.87. The summed E-state index contributed by atoms with van der Waals surface area (Å²) in [6, 6.07) is 2.02. The molecule has 0 atom stereocenters. The maximum Gasteiger partial charge on any atom is 0.328 e. The first-order valence-corrected chi connectivity index (χ1v) is 3.60. The smallest absolute Gasteiger partial charge is 0.328 e. The Hall–Kier alpha value is -1.91. The van der Waals surface area contributed by atoms with Crippen LogP contribution >= 0.6 is 0 Å². The molecule has 0 heterocycles. The monoisotopic (exact) mass is 200 g/mol. The molecule has 5 heteroatoms. The molecule has 0 aliphatic rings. The maximum absolute atomic E-state index is 12.9. The zero-order chi connectivity index (χ0) is 10.7. The molecule has 1 rings (SSSR count). The second-order valence-corrected chi connectivity index (χ2v) is 2.47. The number of carboxylic acid groups (broad SMARTS) is 1. The van der Waals surface area contributed by atoms with Crippen LogP contribution in [0.25, 0.3) is 6.08 Å². The topological polar surface area (TPSA) is 57.5 Å². The Balaban J connectivity index is 3.12. The summed E-state index contributed by atoms with van der Waals surface area (Å²) in [5.74, 6) is -4.74. The van der Waals surface area contributed by atoms with E-state index in [1.807, 2.05) is 0 Å². The zero-order valence-corrected chi connectivity index (χ0v) is 6.87. The average Bonchev–Trinajstić information content (AvgIpc) is 2.13. The molecule has 0 aliphatic heterocycles. The lowest BCUT2D eigenvalue weighted by atomic mass is 10.2. The van der Waals surface area contributed by atoms with Crippen molar-refractivity contribution >= 4 is 12.0 Å². The van der Waals surface area contributed by atoms with Crippen molar-refractivity contribution in [2.24, 2.45) is 0 Å². The second-order valence-electron chi connectivity index (χ2n) is 2.47. The minimum Gasteiger partial charge on any atom is -0.505 e. The highest BCUT2D eigenvalue weighted by molar-refractivity contribution is 5.85. The fraction of sp³-hybridized carbons (Fsp3) is 0. The Morgan fingerprint density at radius 1 is 1.29 bits per heavy atom. The molecule has 0 bridgehead atoms. The van der Waals surface area contributed by atoms with E-state index in [4.69, 9.17) is 10.2 Å². The predicted molar refractivity (Wildman–Crippen MR) is 44.7 cm³/mol. The van der Waals surface area contributed by atoms with Crippen LogP contribution in [0.3, 0.4) is 0 Å². The highest BCUT2D eigenvalue weighted by atomic mass is 19.2. The molecule has 0 spiro atoms. The first-order valence-electron chi connectivity index (χ1n) is 3.60. The molecule has 2 N–H and O–H groups in total. The van der Waals surface area contributed by atoms with Gasteiger partial charge in [-0.15, -0.1) is 0 Å². The van der Waals surface area contributed by atoms with Crippen molar-refractivity contribution in [2.75, 3.05) is 0 Å². The molecular weight excluding hydrogens is 194 g/mol. The van der Waals surface area contributed by atoms with Crippen molar-refractivity contribution in [3.8, 4) is 5.75 Å². The van der Waals surface area contributed by atoms with Crippen LogP contribution in [0.15, 0.2) is 18.2 Å². The Kier molecular flexibility index (Phi) is 2.81. The number of carbonyl (C=O) groups is 1. The Morgan fingerprint density at radius 3 is 2.50 bits per heavy atom. The number of hydrogen-bond donors (Lipinski definition) is 2. The van der Waals surface area contributed by atoms with Gasteiger partial charge in [-0.2, -0.15) is 4.39 Å². The first kappa shape index (κ1) is 10.2. The van der Waals surface area contributed by atoms with Crippen molar-refractivity contribution in [1.29, 1.82) is 0 Å². The van der Waals surface area contributed by atoms with E-state index in [2.05, 4.69) is 0 Å². The summed E-state index contributed by atoms with van der Waals surface area (Å²) in [6.45, 7) is 0. The predicted octanol–water partition coefficient (Wildman–Crippen LogP) is 1.77. The summed E-state index contributed by atoms with van der Waals surface area (Å²) < 4.78 is 25.6.